The van der Waals surface area contributed by atoms with Crippen LogP contribution in [0, 0.1) is 17.3 Å². The fraction of sp³-hybridized carbons (Fsp3) is 0.200. The minimum atomic E-state index is -0.538. The van der Waals surface area contributed by atoms with Gasteiger partial charge in [-0.2, -0.15) is 9.65 Å². The molecule has 0 unspecified atom stereocenters. The van der Waals surface area contributed by atoms with Crippen LogP contribution in [0.3, 0.4) is 0 Å². The Balaban J connectivity index is 1.77. The third-order valence-corrected chi connectivity index (χ3v) is 4.38. The molecule has 0 aliphatic rings. The van der Waals surface area contributed by atoms with Crippen LogP contribution in [-0.2, 0) is 13.1 Å². The van der Waals surface area contributed by atoms with Crippen molar-refractivity contribution in [2.45, 2.75) is 26.4 Å². The maximum absolute atomic E-state index is 13.5. The van der Waals surface area contributed by atoms with E-state index in [9.17, 15) is 4.39 Å². The number of aromatic nitrogens is 5. The lowest BCUT2D eigenvalue weighted by Gasteiger charge is -2.10. The number of halogens is 1. The summed E-state index contributed by atoms with van der Waals surface area (Å²) in [6.45, 7) is 3.41. The molecule has 0 radical (unpaired) electrons. The van der Waals surface area contributed by atoms with Crippen molar-refractivity contribution in [2.75, 3.05) is 0 Å². The Bertz CT molecular complexity index is 1150. The molecule has 6 nitrogen and oxygen atoms in total. The lowest BCUT2D eigenvalue weighted by molar-refractivity contribution is 0.583. The maximum Gasteiger partial charge on any atom is 0.213 e. The van der Waals surface area contributed by atoms with Gasteiger partial charge in [0.2, 0.25) is 5.95 Å². The van der Waals surface area contributed by atoms with Crippen molar-refractivity contribution in [1.29, 1.82) is 5.26 Å². The van der Waals surface area contributed by atoms with E-state index in [1.54, 1.807) is 30.5 Å². The molecule has 134 valence electrons. The number of nitrogens with zero attached hydrogens (tertiary/aromatic N) is 6. The third kappa shape index (κ3) is 3.17. The first kappa shape index (κ1) is 16.9. The largest absolute Gasteiger partial charge is 0.326 e. The Kier molecular flexibility index (Phi) is 4.38. The van der Waals surface area contributed by atoms with Crippen LogP contribution in [0.25, 0.3) is 22.6 Å². The van der Waals surface area contributed by atoms with Crippen molar-refractivity contribution in [3.63, 3.8) is 0 Å². The highest BCUT2D eigenvalue weighted by Gasteiger charge is 2.14. The number of aryl methyl sites for hydroxylation is 1. The van der Waals surface area contributed by atoms with Crippen LogP contribution in [0.1, 0.15) is 24.7 Å². The van der Waals surface area contributed by atoms with E-state index in [0.717, 1.165) is 29.8 Å². The molecule has 0 fully saturated rings. The van der Waals surface area contributed by atoms with Crippen molar-refractivity contribution in [3.8, 4) is 17.6 Å². The van der Waals surface area contributed by atoms with Gasteiger partial charge >= 0.3 is 0 Å². The number of nitriles is 1. The first-order chi connectivity index (χ1) is 13.2. The highest BCUT2D eigenvalue weighted by atomic mass is 19.1. The zero-order chi connectivity index (χ0) is 18.8. The number of hydrogen-bond acceptors (Lipinski definition) is 4. The number of rotatable bonds is 5. The summed E-state index contributed by atoms with van der Waals surface area (Å²) >= 11 is 0. The van der Waals surface area contributed by atoms with Gasteiger partial charge < -0.3 is 9.13 Å². The molecule has 27 heavy (non-hydrogen) atoms. The van der Waals surface area contributed by atoms with Crippen molar-refractivity contribution in [1.82, 2.24) is 24.1 Å². The van der Waals surface area contributed by atoms with Crippen LogP contribution < -0.4 is 0 Å². The molecule has 0 saturated heterocycles. The molecule has 0 aliphatic carbocycles. The van der Waals surface area contributed by atoms with Crippen molar-refractivity contribution in [3.05, 3.63) is 66.1 Å². The van der Waals surface area contributed by atoms with Gasteiger partial charge in [0.1, 0.15) is 11.5 Å². The van der Waals surface area contributed by atoms with Gasteiger partial charge in [-0.05, 0) is 36.8 Å². The standard InChI is InChI=1S/C20H17FN6/c1-2-9-27-17-7-6-14(12-22)11-16(17)25-19(27)13-26-10-8-23-20(26)15-4-3-5-18(21)24-15/h3-8,10-11H,2,9,13H2,1H3/i20+2. The molecule has 3 heterocycles. The first-order valence-electron chi connectivity index (χ1n) is 8.73. The quantitative estimate of drug-likeness (QED) is 0.507. The van der Waals surface area contributed by atoms with E-state index in [2.05, 4.69) is 27.5 Å². The zero-order valence-corrected chi connectivity index (χ0v) is 14.8. The summed E-state index contributed by atoms with van der Waals surface area (Å²) in [6.07, 6.45) is 4.46. The van der Waals surface area contributed by atoms with Crippen molar-refractivity contribution >= 4 is 11.0 Å². The molecule has 0 atom stereocenters. The number of imidazole rings is 2. The number of benzene rings is 1. The highest BCUT2D eigenvalue weighted by molar-refractivity contribution is 5.77. The molecule has 0 saturated carbocycles. The summed E-state index contributed by atoms with van der Waals surface area (Å²) in [6, 6.07) is 12.4. The van der Waals surface area contributed by atoms with Crippen LogP contribution in [0.2, 0.25) is 0 Å². The second kappa shape index (κ2) is 7.00. The van der Waals surface area contributed by atoms with Gasteiger partial charge in [-0.25, -0.2) is 15.0 Å². The molecule has 4 aromatic rings. The Hall–Kier alpha value is -3.53. The Morgan fingerprint density at radius 2 is 2.11 bits per heavy atom. The molecule has 0 bridgehead atoms. The van der Waals surface area contributed by atoms with Gasteiger partial charge in [-0.15, -0.1) is 0 Å². The molecule has 4 rings (SSSR count). The molecule has 0 aliphatic heterocycles. The normalized spacial score (nSPS) is 11.0. The summed E-state index contributed by atoms with van der Waals surface area (Å²) in [5.74, 6) is 0.907. The minimum absolute atomic E-state index is 0.476. The maximum atomic E-state index is 13.5. The van der Waals surface area contributed by atoms with Gasteiger partial charge in [0.05, 0.1) is 29.2 Å². The van der Waals surface area contributed by atoms with Crippen LogP contribution in [-0.4, -0.2) is 24.1 Å². The van der Waals surface area contributed by atoms with Gasteiger partial charge in [-0.3, -0.25) is 0 Å². The zero-order valence-electron chi connectivity index (χ0n) is 14.8. The molecule has 0 amide bonds. The number of hydrogen-bond donors (Lipinski definition) is 0. The average molecular weight is 362 g/mol. The molecule has 3 aromatic heterocycles. The average Bonchev–Trinajstić information content (AvgIpc) is 3.27. The smallest absolute Gasteiger partial charge is 0.213 e. The second-order valence-electron chi connectivity index (χ2n) is 6.22. The summed E-state index contributed by atoms with van der Waals surface area (Å²) in [7, 11) is 0. The van der Waals surface area contributed by atoms with E-state index in [-0.39, 0.29) is 0 Å². The van der Waals surface area contributed by atoms with E-state index in [1.165, 1.54) is 6.07 Å². The van der Waals surface area contributed by atoms with E-state index < -0.39 is 5.95 Å². The lowest BCUT2D eigenvalue weighted by atomic mass is 10.2. The predicted molar refractivity (Wildman–Crippen MR) is 99.3 cm³/mol. The summed E-state index contributed by atoms with van der Waals surface area (Å²) in [5, 5.41) is 9.13. The lowest BCUT2D eigenvalue weighted by Crippen LogP contribution is -2.10. The van der Waals surface area contributed by atoms with Crippen LogP contribution in [0.5, 0.6) is 0 Å². The van der Waals surface area contributed by atoms with Gasteiger partial charge in [0.15, 0.2) is 5.82 Å². The molecule has 0 N–H and O–H groups in total. The second-order valence-corrected chi connectivity index (χ2v) is 6.22. The van der Waals surface area contributed by atoms with E-state index in [1.807, 2.05) is 16.8 Å². The highest BCUT2D eigenvalue weighted by Crippen LogP contribution is 2.21. The Morgan fingerprint density at radius 1 is 1.22 bits per heavy atom. The fourth-order valence-electron chi connectivity index (χ4n) is 3.20. The Labute approximate surface area is 155 Å². The van der Waals surface area contributed by atoms with Crippen molar-refractivity contribution < 1.29 is 4.39 Å². The number of pyridine rings is 1. The molecule has 7 heteroatoms. The monoisotopic (exact) mass is 362 g/mol. The minimum Gasteiger partial charge on any atom is -0.326 e. The summed E-state index contributed by atoms with van der Waals surface area (Å²) in [5.41, 5.74) is 2.85. The molecular weight excluding hydrogens is 345 g/mol. The van der Waals surface area contributed by atoms with Gasteiger partial charge in [0.25, 0.3) is 0 Å². The first-order valence-corrected chi connectivity index (χ1v) is 8.73. The summed E-state index contributed by atoms with van der Waals surface area (Å²) in [4.78, 5) is 13.0. The van der Waals surface area contributed by atoms with Gasteiger partial charge in [-0.1, -0.05) is 13.0 Å². The molecule has 1 aromatic carbocycles. The van der Waals surface area contributed by atoms with Crippen LogP contribution in [0.15, 0.2) is 48.8 Å². The van der Waals surface area contributed by atoms with Crippen LogP contribution in [0.4, 0.5) is 4.39 Å². The Morgan fingerprint density at radius 3 is 2.89 bits per heavy atom. The fourth-order valence-corrected chi connectivity index (χ4v) is 3.20. The number of fused-ring (bicyclic) bond motifs is 1. The summed E-state index contributed by atoms with van der Waals surface area (Å²) < 4.78 is 17.6. The van der Waals surface area contributed by atoms with Crippen molar-refractivity contribution in [2.24, 2.45) is 0 Å². The van der Waals surface area contributed by atoms with Gasteiger partial charge in [0, 0.05) is 18.9 Å². The van der Waals surface area contributed by atoms with E-state index in [4.69, 9.17) is 10.2 Å². The third-order valence-electron chi connectivity index (χ3n) is 4.38. The van der Waals surface area contributed by atoms with Crippen LogP contribution >= 0.6 is 0 Å². The SMILES string of the molecule is CCCn1c(Cn2ccn[14c]2-c2cccc(F)n2)nc2cc(C#N)ccc21. The predicted octanol–water partition coefficient (Wildman–Crippen LogP) is 3.76. The molecule has 0 spiro atoms. The van der Waals surface area contributed by atoms with E-state index >= 15 is 0 Å². The topological polar surface area (TPSA) is 72.3 Å². The van der Waals surface area contributed by atoms with E-state index in [0.29, 0.717) is 23.6 Å². The molecular formula is C20H17FN6.